The number of hydrogen-bond donors (Lipinski definition) is 1. The van der Waals surface area contributed by atoms with Gasteiger partial charge in [0.05, 0.1) is 0 Å². The van der Waals surface area contributed by atoms with Crippen LogP contribution in [0.2, 0.25) is 0 Å². The molecule has 0 bridgehead atoms. The van der Waals surface area contributed by atoms with E-state index in [1.807, 2.05) is 35.2 Å². The molecule has 2 aliphatic heterocycles. The van der Waals surface area contributed by atoms with Crippen molar-refractivity contribution in [1.82, 2.24) is 15.1 Å². The summed E-state index contributed by atoms with van der Waals surface area (Å²) in [7, 11) is 0. The Labute approximate surface area is 162 Å². The lowest BCUT2D eigenvalue weighted by atomic mass is 9.96. The van der Waals surface area contributed by atoms with E-state index in [0.29, 0.717) is 12.5 Å². The minimum Gasteiger partial charge on any atom is -0.445 e. The lowest BCUT2D eigenvalue weighted by Gasteiger charge is -2.35. The summed E-state index contributed by atoms with van der Waals surface area (Å²) in [6.45, 7) is 7.69. The third-order valence-corrected chi connectivity index (χ3v) is 4.80. The molecular weight excluding hydrogens is 361 g/mol. The maximum absolute atomic E-state index is 12.2. The third-order valence-electron chi connectivity index (χ3n) is 4.80. The number of carbonyl (C=O) groups is 1. The second kappa shape index (κ2) is 11.6. The van der Waals surface area contributed by atoms with Crippen LogP contribution in [0.4, 0.5) is 4.79 Å². The Hall–Kier alpha value is -1.01. The summed E-state index contributed by atoms with van der Waals surface area (Å²) >= 11 is 0. The van der Waals surface area contributed by atoms with Crippen LogP contribution in [0, 0.1) is 5.92 Å². The van der Waals surface area contributed by atoms with E-state index < -0.39 is 0 Å². The molecule has 142 valence electrons. The highest BCUT2D eigenvalue weighted by atomic mass is 35.5. The maximum Gasteiger partial charge on any atom is 0.410 e. The van der Waals surface area contributed by atoms with Crippen LogP contribution < -0.4 is 5.32 Å². The number of amides is 1. The third kappa shape index (κ3) is 7.02. The highest BCUT2D eigenvalue weighted by molar-refractivity contribution is 5.85. The fourth-order valence-electron chi connectivity index (χ4n) is 3.37. The summed E-state index contributed by atoms with van der Waals surface area (Å²) in [4.78, 5) is 16.6. The lowest BCUT2D eigenvalue weighted by molar-refractivity contribution is 0.0763. The number of nitrogens with one attached hydrogen (secondary N) is 1. The molecule has 2 fully saturated rings. The van der Waals surface area contributed by atoms with Crippen LogP contribution in [0.25, 0.3) is 0 Å². The quantitative estimate of drug-likeness (QED) is 0.859. The Morgan fingerprint density at radius 2 is 1.68 bits per heavy atom. The zero-order chi connectivity index (χ0) is 15.9. The summed E-state index contributed by atoms with van der Waals surface area (Å²) in [5.41, 5.74) is 1.04. The number of ether oxygens (including phenoxy) is 1. The molecule has 1 N–H and O–H groups in total. The highest BCUT2D eigenvalue weighted by Gasteiger charge is 2.25. The average Bonchev–Trinajstić information content (AvgIpc) is 2.62. The molecule has 0 saturated carbocycles. The minimum atomic E-state index is -0.172. The lowest BCUT2D eigenvalue weighted by Crippen LogP contribution is -2.47. The zero-order valence-electron chi connectivity index (χ0n) is 14.6. The summed E-state index contributed by atoms with van der Waals surface area (Å²) in [6.07, 6.45) is 2.00. The smallest absolute Gasteiger partial charge is 0.410 e. The van der Waals surface area contributed by atoms with Gasteiger partial charge in [-0.25, -0.2) is 4.79 Å². The number of likely N-dealkylation sites (tertiary alicyclic amines) is 1. The van der Waals surface area contributed by atoms with Crippen LogP contribution in [0.3, 0.4) is 0 Å². The molecule has 0 atom stereocenters. The molecule has 1 amide bonds. The highest BCUT2D eigenvalue weighted by Crippen LogP contribution is 2.19. The van der Waals surface area contributed by atoms with Crippen LogP contribution in [0.15, 0.2) is 30.3 Å². The number of halogens is 2. The molecule has 1 aromatic rings. The normalized spacial score (nSPS) is 18.8. The molecule has 2 saturated heterocycles. The number of piperidine rings is 1. The molecule has 5 nitrogen and oxygen atoms in total. The van der Waals surface area contributed by atoms with Crippen molar-refractivity contribution in [3.05, 3.63) is 35.9 Å². The second-order valence-corrected chi connectivity index (χ2v) is 6.52. The molecule has 2 aliphatic rings. The first kappa shape index (κ1) is 22.0. The maximum atomic E-state index is 12.2. The van der Waals surface area contributed by atoms with Gasteiger partial charge in [0.15, 0.2) is 0 Å². The summed E-state index contributed by atoms with van der Waals surface area (Å²) < 4.78 is 5.42. The SMILES string of the molecule is Cl.Cl.O=C(OCc1ccccc1)N1CCC(CN2CCNCC2)CC1. The van der Waals surface area contributed by atoms with E-state index in [4.69, 9.17) is 4.74 Å². The molecular formula is C18H29Cl2N3O2. The van der Waals surface area contributed by atoms with Gasteiger partial charge < -0.3 is 19.9 Å². The number of hydrogen-bond acceptors (Lipinski definition) is 4. The molecule has 0 spiro atoms. The molecule has 25 heavy (non-hydrogen) atoms. The van der Waals surface area contributed by atoms with Crippen LogP contribution >= 0.6 is 24.8 Å². The van der Waals surface area contributed by atoms with Gasteiger partial charge in [0.1, 0.15) is 6.61 Å². The van der Waals surface area contributed by atoms with E-state index in [2.05, 4.69) is 10.2 Å². The van der Waals surface area contributed by atoms with Crippen molar-refractivity contribution >= 4 is 30.9 Å². The summed E-state index contributed by atoms with van der Waals surface area (Å²) in [5, 5.41) is 3.39. The standard InChI is InChI=1S/C18H27N3O2.2ClH/c22-18(23-15-17-4-2-1-3-5-17)21-10-6-16(7-11-21)14-20-12-8-19-9-13-20;;/h1-5,16,19H,6-15H2;2*1H. The Morgan fingerprint density at radius 3 is 2.32 bits per heavy atom. The minimum absolute atomic E-state index is 0. The molecule has 0 unspecified atom stereocenters. The van der Waals surface area contributed by atoms with E-state index in [9.17, 15) is 4.79 Å². The zero-order valence-corrected chi connectivity index (χ0v) is 16.2. The summed E-state index contributed by atoms with van der Waals surface area (Å²) in [5.74, 6) is 0.714. The van der Waals surface area contributed by atoms with Crippen molar-refractivity contribution in [2.75, 3.05) is 45.8 Å². The molecule has 0 radical (unpaired) electrons. The van der Waals surface area contributed by atoms with Gasteiger partial charge in [-0.2, -0.15) is 0 Å². The number of nitrogens with zero attached hydrogens (tertiary/aromatic N) is 2. The topological polar surface area (TPSA) is 44.8 Å². The fourth-order valence-corrected chi connectivity index (χ4v) is 3.37. The largest absolute Gasteiger partial charge is 0.445 e. The van der Waals surface area contributed by atoms with Crippen molar-refractivity contribution in [2.24, 2.45) is 5.92 Å². The number of benzene rings is 1. The van der Waals surface area contributed by atoms with Gasteiger partial charge >= 0.3 is 6.09 Å². The first-order valence-corrected chi connectivity index (χ1v) is 8.70. The molecule has 7 heteroatoms. The van der Waals surface area contributed by atoms with Crippen LogP contribution in [0.1, 0.15) is 18.4 Å². The van der Waals surface area contributed by atoms with Gasteiger partial charge in [-0.05, 0) is 24.3 Å². The number of piperazine rings is 1. The predicted molar refractivity (Wildman–Crippen MR) is 105 cm³/mol. The van der Waals surface area contributed by atoms with Crippen LogP contribution in [0.5, 0.6) is 0 Å². The van der Waals surface area contributed by atoms with Gasteiger partial charge in [0, 0.05) is 45.8 Å². The van der Waals surface area contributed by atoms with E-state index >= 15 is 0 Å². The molecule has 2 heterocycles. The van der Waals surface area contributed by atoms with Crippen LogP contribution in [-0.2, 0) is 11.3 Å². The van der Waals surface area contributed by atoms with Crippen LogP contribution in [-0.4, -0.2) is 61.7 Å². The molecule has 0 aliphatic carbocycles. The van der Waals surface area contributed by atoms with Crippen molar-refractivity contribution in [2.45, 2.75) is 19.4 Å². The van der Waals surface area contributed by atoms with Gasteiger partial charge in [0.2, 0.25) is 0 Å². The van der Waals surface area contributed by atoms with E-state index in [1.54, 1.807) is 0 Å². The molecule has 1 aromatic carbocycles. The first-order chi connectivity index (χ1) is 11.3. The monoisotopic (exact) mass is 389 g/mol. The fraction of sp³-hybridized carbons (Fsp3) is 0.611. The Bertz CT molecular complexity index is 490. The van der Waals surface area contributed by atoms with Crippen molar-refractivity contribution in [1.29, 1.82) is 0 Å². The Kier molecular flexibility index (Phi) is 10.2. The number of carbonyl (C=O) groups excluding carboxylic acids is 1. The van der Waals surface area contributed by atoms with Gasteiger partial charge in [-0.15, -0.1) is 24.8 Å². The average molecular weight is 390 g/mol. The predicted octanol–water partition coefficient (Wildman–Crippen LogP) is 2.78. The second-order valence-electron chi connectivity index (χ2n) is 6.52. The number of rotatable bonds is 4. The van der Waals surface area contributed by atoms with E-state index in [0.717, 1.165) is 57.7 Å². The van der Waals surface area contributed by atoms with Gasteiger partial charge in [-0.3, -0.25) is 0 Å². The van der Waals surface area contributed by atoms with E-state index in [-0.39, 0.29) is 30.9 Å². The van der Waals surface area contributed by atoms with Gasteiger partial charge in [-0.1, -0.05) is 30.3 Å². The van der Waals surface area contributed by atoms with Crippen molar-refractivity contribution < 1.29 is 9.53 Å². The first-order valence-electron chi connectivity index (χ1n) is 8.70. The van der Waals surface area contributed by atoms with Gasteiger partial charge in [0.25, 0.3) is 0 Å². The summed E-state index contributed by atoms with van der Waals surface area (Å²) in [6, 6.07) is 9.85. The molecule has 3 rings (SSSR count). The molecule has 0 aromatic heterocycles. The van der Waals surface area contributed by atoms with Crippen molar-refractivity contribution in [3.8, 4) is 0 Å². The Balaban J connectivity index is 0.00000156. The van der Waals surface area contributed by atoms with Crippen molar-refractivity contribution in [3.63, 3.8) is 0 Å². The van der Waals surface area contributed by atoms with E-state index in [1.165, 1.54) is 6.54 Å². The Morgan fingerprint density at radius 1 is 1.04 bits per heavy atom.